The third kappa shape index (κ3) is 4.64. The van der Waals surface area contributed by atoms with E-state index >= 15 is 0 Å². The number of nitrogens with one attached hydrogen (secondary N) is 1. The highest BCUT2D eigenvalue weighted by atomic mass is 16.6. The summed E-state index contributed by atoms with van der Waals surface area (Å²) in [5.74, 6) is 0.981. The van der Waals surface area contributed by atoms with Crippen molar-refractivity contribution in [3.8, 4) is 0 Å². The van der Waals surface area contributed by atoms with Crippen LogP contribution in [0.3, 0.4) is 0 Å². The van der Waals surface area contributed by atoms with Gasteiger partial charge in [0.15, 0.2) is 5.82 Å². The number of unbranched alkanes of at least 4 members (excludes halogenated alkanes) is 1. The van der Waals surface area contributed by atoms with Gasteiger partial charge in [-0.2, -0.15) is 5.10 Å². The molecule has 124 valence electrons. The summed E-state index contributed by atoms with van der Waals surface area (Å²) in [5.41, 5.74) is 0.747. The van der Waals surface area contributed by atoms with E-state index in [4.69, 9.17) is 4.74 Å². The molecule has 2 heterocycles. The van der Waals surface area contributed by atoms with E-state index in [1.807, 2.05) is 20.8 Å². The number of ether oxygens (including phenoxy) is 1. The fourth-order valence-corrected chi connectivity index (χ4v) is 2.45. The van der Waals surface area contributed by atoms with Gasteiger partial charge in [-0.25, -0.2) is 4.79 Å². The largest absolute Gasteiger partial charge is 0.444 e. The van der Waals surface area contributed by atoms with Gasteiger partial charge >= 0.3 is 6.09 Å². The Morgan fingerprint density at radius 3 is 2.59 bits per heavy atom. The Balaban J connectivity index is 1.84. The van der Waals surface area contributed by atoms with Crippen molar-refractivity contribution in [1.29, 1.82) is 0 Å². The zero-order chi connectivity index (χ0) is 16.2. The van der Waals surface area contributed by atoms with E-state index < -0.39 is 5.60 Å². The van der Waals surface area contributed by atoms with Crippen LogP contribution in [0.25, 0.3) is 0 Å². The molecule has 1 amide bonds. The number of carbonyl (C=O) groups excluding carboxylic acids is 1. The third-order valence-corrected chi connectivity index (χ3v) is 3.67. The number of amides is 1. The van der Waals surface area contributed by atoms with E-state index in [-0.39, 0.29) is 6.09 Å². The number of H-pyrrole nitrogens is 1. The Morgan fingerprint density at radius 2 is 2.00 bits per heavy atom. The van der Waals surface area contributed by atoms with Crippen LogP contribution >= 0.6 is 0 Å². The fourth-order valence-electron chi connectivity index (χ4n) is 2.45. The average Bonchev–Trinajstić information content (AvgIpc) is 2.92. The van der Waals surface area contributed by atoms with Crippen molar-refractivity contribution in [2.45, 2.75) is 52.6 Å². The molecule has 1 aromatic rings. The van der Waals surface area contributed by atoms with Crippen LogP contribution < -0.4 is 4.90 Å². The smallest absolute Gasteiger partial charge is 0.410 e. The Labute approximate surface area is 132 Å². The minimum atomic E-state index is -0.440. The Bertz CT molecular complexity index is 485. The van der Waals surface area contributed by atoms with Gasteiger partial charge in [0, 0.05) is 37.9 Å². The molecule has 1 fully saturated rings. The van der Waals surface area contributed by atoms with Gasteiger partial charge in [0.1, 0.15) is 5.60 Å². The second-order valence-corrected chi connectivity index (χ2v) is 6.81. The first kappa shape index (κ1) is 16.6. The second-order valence-electron chi connectivity index (χ2n) is 6.81. The van der Waals surface area contributed by atoms with Gasteiger partial charge < -0.3 is 14.5 Å². The molecule has 1 aliphatic heterocycles. The maximum atomic E-state index is 12.0. The predicted octanol–water partition coefficient (Wildman–Crippen LogP) is 2.81. The maximum Gasteiger partial charge on any atom is 0.410 e. The van der Waals surface area contributed by atoms with Crippen molar-refractivity contribution < 1.29 is 9.53 Å². The van der Waals surface area contributed by atoms with Gasteiger partial charge in [-0.15, -0.1) is 0 Å². The number of aryl methyl sites for hydroxylation is 1. The van der Waals surface area contributed by atoms with E-state index in [1.54, 1.807) is 4.90 Å². The lowest BCUT2D eigenvalue weighted by Crippen LogP contribution is -2.50. The number of nitrogens with zero attached hydrogens (tertiary/aromatic N) is 3. The first-order valence-electron chi connectivity index (χ1n) is 8.16. The number of carbonyl (C=O) groups is 1. The summed E-state index contributed by atoms with van der Waals surface area (Å²) in [6.07, 6.45) is 3.18. The average molecular weight is 308 g/mol. The van der Waals surface area contributed by atoms with E-state index in [0.29, 0.717) is 13.1 Å². The van der Waals surface area contributed by atoms with Crippen molar-refractivity contribution >= 4 is 11.9 Å². The van der Waals surface area contributed by atoms with E-state index in [9.17, 15) is 4.79 Å². The Hall–Kier alpha value is -1.72. The molecule has 0 aromatic carbocycles. The van der Waals surface area contributed by atoms with Crippen molar-refractivity contribution in [3.63, 3.8) is 0 Å². The quantitative estimate of drug-likeness (QED) is 0.929. The summed E-state index contributed by atoms with van der Waals surface area (Å²) in [6.45, 7) is 10.8. The maximum absolute atomic E-state index is 12.0. The minimum absolute atomic E-state index is 0.224. The molecule has 0 radical (unpaired) electrons. The molecule has 6 heteroatoms. The van der Waals surface area contributed by atoms with Crippen molar-refractivity contribution in [2.75, 3.05) is 31.1 Å². The van der Waals surface area contributed by atoms with Gasteiger partial charge in [-0.3, -0.25) is 5.10 Å². The first-order valence-corrected chi connectivity index (χ1v) is 8.16. The van der Waals surface area contributed by atoms with Crippen molar-refractivity contribution in [3.05, 3.63) is 11.8 Å². The molecule has 2 rings (SSSR count). The summed E-state index contributed by atoms with van der Waals surface area (Å²) in [6, 6.07) is 2.12. The van der Waals surface area contributed by atoms with E-state index in [2.05, 4.69) is 28.1 Å². The summed E-state index contributed by atoms with van der Waals surface area (Å²) >= 11 is 0. The number of anilines is 1. The number of aromatic amines is 1. The molecule has 0 spiro atoms. The first-order chi connectivity index (χ1) is 10.4. The van der Waals surface area contributed by atoms with Crippen LogP contribution in [-0.4, -0.2) is 53.0 Å². The lowest BCUT2D eigenvalue weighted by molar-refractivity contribution is 0.0240. The molecule has 0 aliphatic carbocycles. The van der Waals surface area contributed by atoms with Crippen LogP contribution in [0.4, 0.5) is 10.6 Å². The van der Waals surface area contributed by atoms with Gasteiger partial charge in [0.05, 0.1) is 0 Å². The van der Waals surface area contributed by atoms with Crippen molar-refractivity contribution in [2.24, 2.45) is 0 Å². The predicted molar refractivity (Wildman–Crippen MR) is 87.2 cm³/mol. The lowest BCUT2D eigenvalue weighted by atomic mass is 10.2. The van der Waals surface area contributed by atoms with Crippen LogP contribution in [-0.2, 0) is 11.2 Å². The van der Waals surface area contributed by atoms with Crippen LogP contribution in [0.5, 0.6) is 0 Å². The molecule has 0 saturated carbocycles. The van der Waals surface area contributed by atoms with Gasteiger partial charge in [-0.05, 0) is 33.6 Å². The molecule has 1 aromatic heterocycles. The summed E-state index contributed by atoms with van der Waals surface area (Å²) in [4.78, 5) is 16.0. The Morgan fingerprint density at radius 1 is 1.32 bits per heavy atom. The van der Waals surface area contributed by atoms with Gasteiger partial charge in [-0.1, -0.05) is 13.3 Å². The number of aromatic nitrogens is 2. The van der Waals surface area contributed by atoms with E-state index in [1.165, 1.54) is 18.5 Å². The van der Waals surface area contributed by atoms with E-state index in [0.717, 1.165) is 25.3 Å². The third-order valence-electron chi connectivity index (χ3n) is 3.67. The normalized spacial score (nSPS) is 16.0. The van der Waals surface area contributed by atoms with Crippen LogP contribution in [0.15, 0.2) is 6.07 Å². The number of hydrogen-bond acceptors (Lipinski definition) is 4. The molecule has 1 saturated heterocycles. The molecule has 1 N–H and O–H groups in total. The highest BCUT2D eigenvalue weighted by molar-refractivity contribution is 5.68. The minimum Gasteiger partial charge on any atom is -0.444 e. The SMILES string of the molecule is CCCCc1cc(N2CCN(C(=O)OC(C)(C)C)CC2)n[nH]1. The van der Waals surface area contributed by atoms with Crippen LogP contribution in [0, 0.1) is 0 Å². The standard InChI is InChI=1S/C16H28N4O2/c1-5-6-7-13-12-14(18-17-13)19-8-10-20(11-9-19)15(21)22-16(2,3)4/h12H,5-11H2,1-4H3,(H,17,18). The van der Waals surface area contributed by atoms with Crippen LogP contribution in [0.1, 0.15) is 46.2 Å². The highest BCUT2D eigenvalue weighted by Crippen LogP contribution is 2.17. The molecule has 0 unspecified atom stereocenters. The molecule has 0 atom stereocenters. The number of rotatable bonds is 4. The lowest BCUT2D eigenvalue weighted by Gasteiger charge is -2.35. The molecular formula is C16H28N4O2. The number of hydrogen-bond donors (Lipinski definition) is 1. The summed E-state index contributed by atoms with van der Waals surface area (Å²) in [5, 5.41) is 7.49. The molecule has 0 bridgehead atoms. The van der Waals surface area contributed by atoms with Gasteiger partial charge in [0.2, 0.25) is 0 Å². The number of piperazine rings is 1. The topological polar surface area (TPSA) is 61.5 Å². The summed E-state index contributed by atoms with van der Waals surface area (Å²) in [7, 11) is 0. The fraction of sp³-hybridized carbons (Fsp3) is 0.750. The zero-order valence-electron chi connectivity index (χ0n) is 14.2. The van der Waals surface area contributed by atoms with Crippen molar-refractivity contribution in [1.82, 2.24) is 15.1 Å². The highest BCUT2D eigenvalue weighted by Gasteiger charge is 2.26. The molecule has 6 nitrogen and oxygen atoms in total. The zero-order valence-corrected chi connectivity index (χ0v) is 14.2. The summed E-state index contributed by atoms with van der Waals surface area (Å²) < 4.78 is 5.41. The molecule has 22 heavy (non-hydrogen) atoms. The van der Waals surface area contributed by atoms with Crippen LogP contribution in [0.2, 0.25) is 0 Å². The Kier molecular flexibility index (Phi) is 5.32. The van der Waals surface area contributed by atoms with Gasteiger partial charge in [0.25, 0.3) is 0 Å². The monoisotopic (exact) mass is 308 g/mol. The second kappa shape index (κ2) is 7.03. The molecule has 1 aliphatic rings. The molecular weight excluding hydrogens is 280 g/mol.